The number of hydrogen-bond acceptors (Lipinski definition) is 2. The fraction of sp³-hybridized carbons (Fsp3) is 0.278. The number of aliphatic hydroxyl groups is 1. The molecule has 2 aromatic rings. The Kier molecular flexibility index (Phi) is 2.28. The van der Waals surface area contributed by atoms with Gasteiger partial charge in [-0.25, -0.2) is 8.78 Å². The Morgan fingerprint density at radius 2 is 1.91 bits per heavy atom. The maximum Gasteiger partial charge on any atom is 0.238 e. The number of benzene rings is 2. The molecule has 5 rings (SSSR count). The van der Waals surface area contributed by atoms with Crippen LogP contribution >= 0.6 is 0 Å². The van der Waals surface area contributed by atoms with E-state index in [1.54, 1.807) is 6.07 Å². The van der Waals surface area contributed by atoms with Crippen LogP contribution in [0.5, 0.6) is 0 Å². The highest BCUT2D eigenvalue weighted by Gasteiger charge is 2.60. The van der Waals surface area contributed by atoms with E-state index in [4.69, 9.17) is 0 Å². The Morgan fingerprint density at radius 1 is 1.13 bits per heavy atom. The predicted octanol–water partition coefficient (Wildman–Crippen LogP) is 2.94. The minimum atomic E-state index is -1.07. The first-order chi connectivity index (χ1) is 11.0. The van der Waals surface area contributed by atoms with E-state index in [0.717, 1.165) is 24.5 Å². The van der Waals surface area contributed by atoms with Gasteiger partial charge in [0.25, 0.3) is 0 Å². The third-order valence-corrected chi connectivity index (χ3v) is 5.39. The molecule has 2 heterocycles. The van der Waals surface area contributed by atoms with Crippen LogP contribution in [0.4, 0.5) is 14.5 Å². The first kappa shape index (κ1) is 13.2. The molecule has 116 valence electrons. The van der Waals surface area contributed by atoms with Crippen molar-refractivity contribution in [2.75, 3.05) is 4.90 Å². The standard InChI is InChI=1S/C18H13F2NO2/c19-13-5-4-9-11(14(13)20)8-21-15-10(16(9)22)2-1-3-12(15)18(6-7-18)17(21)23/h1-5,16,22H,6-8H2. The van der Waals surface area contributed by atoms with E-state index in [-0.39, 0.29) is 18.0 Å². The molecule has 1 aliphatic carbocycles. The number of hydrogen-bond donors (Lipinski definition) is 1. The largest absolute Gasteiger partial charge is 0.384 e. The number of rotatable bonds is 0. The molecule has 23 heavy (non-hydrogen) atoms. The molecule has 0 aromatic heterocycles. The van der Waals surface area contributed by atoms with Gasteiger partial charge in [0, 0.05) is 11.1 Å². The lowest BCUT2D eigenvalue weighted by atomic mass is 9.91. The van der Waals surface area contributed by atoms with Crippen LogP contribution in [0.2, 0.25) is 0 Å². The highest BCUT2D eigenvalue weighted by atomic mass is 19.2. The van der Waals surface area contributed by atoms with Crippen LogP contribution in [0.15, 0.2) is 30.3 Å². The second-order valence-electron chi connectivity index (χ2n) is 6.55. The molecular weight excluding hydrogens is 300 g/mol. The highest BCUT2D eigenvalue weighted by molar-refractivity contribution is 6.11. The Hall–Kier alpha value is -2.27. The number of carbonyl (C=O) groups excluding carboxylic acids is 1. The van der Waals surface area contributed by atoms with Crippen molar-refractivity contribution in [2.24, 2.45) is 0 Å². The first-order valence-corrected chi connectivity index (χ1v) is 7.65. The van der Waals surface area contributed by atoms with Gasteiger partial charge in [-0.1, -0.05) is 24.3 Å². The number of nitrogens with zero attached hydrogens (tertiary/aromatic N) is 1. The van der Waals surface area contributed by atoms with Crippen molar-refractivity contribution >= 4 is 11.6 Å². The van der Waals surface area contributed by atoms with Gasteiger partial charge >= 0.3 is 0 Å². The molecule has 1 saturated carbocycles. The fourth-order valence-electron chi connectivity index (χ4n) is 4.05. The zero-order valence-electron chi connectivity index (χ0n) is 12.1. The summed E-state index contributed by atoms with van der Waals surface area (Å²) in [6, 6.07) is 7.90. The molecule has 0 bridgehead atoms. The fourth-order valence-corrected chi connectivity index (χ4v) is 4.05. The molecule has 5 heteroatoms. The lowest BCUT2D eigenvalue weighted by molar-refractivity contribution is -0.120. The van der Waals surface area contributed by atoms with Gasteiger partial charge in [-0.05, 0) is 30.0 Å². The Labute approximate surface area is 131 Å². The van der Waals surface area contributed by atoms with Crippen molar-refractivity contribution < 1.29 is 18.7 Å². The third-order valence-electron chi connectivity index (χ3n) is 5.39. The van der Waals surface area contributed by atoms with Crippen LogP contribution in [0.3, 0.4) is 0 Å². The second kappa shape index (κ2) is 3.97. The number of carbonyl (C=O) groups is 1. The normalized spacial score (nSPS) is 22.8. The van der Waals surface area contributed by atoms with Crippen molar-refractivity contribution in [3.8, 4) is 0 Å². The van der Waals surface area contributed by atoms with Gasteiger partial charge in [0.1, 0.15) is 6.10 Å². The summed E-state index contributed by atoms with van der Waals surface area (Å²) < 4.78 is 27.9. The summed E-state index contributed by atoms with van der Waals surface area (Å²) in [7, 11) is 0. The van der Waals surface area contributed by atoms with Gasteiger partial charge in [-0.15, -0.1) is 0 Å². The van der Waals surface area contributed by atoms with Crippen molar-refractivity contribution in [1.82, 2.24) is 0 Å². The number of halogens is 2. The second-order valence-corrected chi connectivity index (χ2v) is 6.55. The van der Waals surface area contributed by atoms with Gasteiger partial charge in [0.05, 0.1) is 17.6 Å². The summed E-state index contributed by atoms with van der Waals surface area (Å²) in [5.41, 5.74) is 2.05. The molecule has 1 amide bonds. The number of aliphatic hydroxyl groups excluding tert-OH is 1. The minimum Gasteiger partial charge on any atom is -0.384 e. The summed E-state index contributed by atoms with van der Waals surface area (Å²) in [5, 5.41) is 10.7. The van der Waals surface area contributed by atoms with Crippen LogP contribution in [0.1, 0.15) is 41.2 Å². The molecule has 1 unspecified atom stereocenters. The van der Waals surface area contributed by atoms with Crippen LogP contribution in [-0.2, 0) is 16.8 Å². The topological polar surface area (TPSA) is 40.5 Å². The Morgan fingerprint density at radius 3 is 2.65 bits per heavy atom. The van der Waals surface area contributed by atoms with Crippen molar-refractivity contribution in [1.29, 1.82) is 0 Å². The Balaban J connectivity index is 1.83. The number of anilines is 1. The monoisotopic (exact) mass is 313 g/mol. The molecule has 3 nitrogen and oxygen atoms in total. The molecule has 1 atom stereocenters. The van der Waals surface area contributed by atoms with E-state index in [9.17, 15) is 18.7 Å². The van der Waals surface area contributed by atoms with E-state index < -0.39 is 23.2 Å². The summed E-state index contributed by atoms with van der Waals surface area (Å²) in [4.78, 5) is 14.4. The van der Waals surface area contributed by atoms with E-state index in [0.29, 0.717) is 16.8 Å². The molecule has 1 spiro atoms. The van der Waals surface area contributed by atoms with E-state index in [2.05, 4.69) is 0 Å². The summed E-state index contributed by atoms with van der Waals surface area (Å²) in [6.07, 6.45) is 0.475. The van der Waals surface area contributed by atoms with Crippen LogP contribution < -0.4 is 4.90 Å². The number of para-hydroxylation sites is 1. The lowest BCUT2D eigenvalue weighted by Crippen LogP contribution is -2.31. The van der Waals surface area contributed by atoms with Gasteiger partial charge in [-0.3, -0.25) is 4.79 Å². The molecule has 3 aliphatic rings. The van der Waals surface area contributed by atoms with Crippen molar-refractivity contribution in [3.63, 3.8) is 0 Å². The Bertz CT molecular complexity index is 889. The van der Waals surface area contributed by atoms with Crippen LogP contribution in [-0.4, -0.2) is 11.0 Å². The van der Waals surface area contributed by atoms with Crippen molar-refractivity contribution in [3.05, 3.63) is 64.2 Å². The average Bonchev–Trinajstić information content (AvgIpc) is 3.33. The van der Waals surface area contributed by atoms with Gasteiger partial charge in [0.15, 0.2) is 11.6 Å². The summed E-state index contributed by atoms with van der Waals surface area (Å²) >= 11 is 0. The van der Waals surface area contributed by atoms with Crippen molar-refractivity contribution in [2.45, 2.75) is 30.9 Å². The first-order valence-electron chi connectivity index (χ1n) is 7.65. The third kappa shape index (κ3) is 1.44. The zero-order chi connectivity index (χ0) is 15.9. The van der Waals surface area contributed by atoms with Crippen LogP contribution in [0, 0.1) is 11.6 Å². The quantitative estimate of drug-likeness (QED) is 0.812. The SMILES string of the molecule is O=C1N2Cc3c(ccc(F)c3F)C(O)c3cccc(c32)C12CC2. The van der Waals surface area contributed by atoms with E-state index in [1.165, 1.54) is 11.0 Å². The minimum absolute atomic E-state index is 0.0411. The average molecular weight is 313 g/mol. The summed E-state index contributed by atoms with van der Waals surface area (Å²) in [6.45, 7) is -0.0411. The van der Waals surface area contributed by atoms with Gasteiger partial charge in [-0.2, -0.15) is 0 Å². The van der Waals surface area contributed by atoms with Crippen LogP contribution in [0.25, 0.3) is 0 Å². The van der Waals surface area contributed by atoms with E-state index >= 15 is 0 Å². The predicted molar refractivity (Wildman–Crippen MR) is 79.0 cm³/mol. The van der Waals surface area contributed by atoms with Gasteiger partial charge in [0.2, 0.25) is 5.91 Å². The lowest BCUT2D eigenvalue weighted by Gasteiger charge is -2.18. The molecule has 0 saturated heterocycles. The highest BCUT2D eigenvalue weighted by Crippen LogP contribution is 2.60. The number of fused-ring (bicyclic) bond motifs is 2. The molecule has 0 radical (unpaired) electrons. The number of amides is 1. The molecule has 2 aliphatic heterocycles. The summed E-state index contributed by atoms with van der Waals surface area (Å²) in [5.74, 6) is -2.01. The van der Waals surface area contributed by atoms with Gasteiger partial charge < -0.3 is 10.0 Å². The molecule has 1 N–H and O–H groups in total. The molecule has 2 aromatic carbocycles. The molecular formula is C18H13F2NO2. The maximum atomic E-state index is 14.3. The molecule has 1 fully saturated rings. The van der Waals surface area contributed by atoms with E-state index in [1.807, 2.05) is 12.1 Å². The smallest absolute Gasteiger partial charge is 0.238 e. The zero-order valence-corrected chi connectivity index (χ0v) is 12.1. The maximum absolute atomic E-state index is 14.3.